The molecule has 2 aromatic carbocycles. The minimum absolute atomic E-state index is 0.566. The standard InChI is InChI=1S/C17H15N3/c18-17(11-19-10-13-6-1-3-7-14(13)17)16-9-12-5-2-4-8-15(12)20-16/h1-10,20H,11,18H2. The van der Waals surface area contributed by atoms with E-state index in [0.717, 1.165) is 22.3 Å². The van der Waals surface area contributed by atoms with Crippen LogP contribution in [0.4, 0.5) is 0 Å². The van der Waals surface area contributed by atoms with Crippen molar-refractivity contribution in [1.29, 1.82) is 0 Å². The van der Waals surface area contributed by atoms with Crippen LogP contribution in [0.5, 0.6) is 0 Å². The summed E-state index contributed by atoms with van der Waals surface area (Å²) in [6.45, 7) is 0.566. The third-order valence-electron chi connectivity index (χ3n) is 4.02. The van der Waals surface area contributed by atoms with Crippen LogP contribution in [-0.2, 0) is 5.54 Å². The fourth-order valence-corrected chi connectivity index (χ4v) is 2.93. The van der Waals surface area contributed by atoms with E-state index >= 15 is 0 Å². The number of hydrogen-bond acceptors (Lipinski definition) is 2. The summed E-state index contributed by atoms with van der Waals surface area (Å²) >= 11 is 0. The van der Waals surface area contributed by atoms with E-state index in [9.17, 15) is 0 Å². The number of nitrogens with two attached hydrogens (primary N) is 1. The largest absolute Gasteiger partial charge is 0.357 e. The lowest BCUT2D eigenvalue weighted by atomic mass is 9.83. The molecule has 0 spiro atoms. The van der Waals surface area contributed by atoms with Crippen molar-refractivity contribution in [2.24, 2.45) is 10.7 Å². The van der Waals surface area contributed by atoms with E-state index < -0.39 is 5.54 Å². The zero-order valence-corrected chi connectivity index (χ0v) is 11.0. The second kappa shape index (κ2) is 4.05. The molecule has 20 heavy (non-hydrogen) atoms. The van der Waals surface area contributed by atoms with Crippen LogP contribution in [0.3, 0.4) is 0 Å². The topological polar surface area (TPSA) is 54.2 Å². The highest BCUT2D eigenvalue weighted by molar-refractivity contribution is 5.85. The molecule has 1 aromatic heterocycles. The Morgan fingerprint density at radius 2 is 1.85 bits per heavy atom. The van der Waals surface area contributed by atoms with Crippen molar-refractivity contribution >= 4 is 17.1 Å². The molecule has 3 aromatic rings. The van der Waals surface area contributed by atoms with E-state index in [-0.39, 0.29) is 0 Å². The van der Waals surface area contributed by atoms with Gasteiger partial charge >= 0.3 is 0 Å². The first-order valence-electron chi connectivity index (χ1n) is 6.74. The van der Waals surface area contributed by atoms with E-state index in [4.69, 9.17) is 5.73 Å². The lowest BCUT2D eigenvalue weighted by Gasteiger charge is -2.31. The highest BCUT2D eigenvalue weighted by atomic mass is 14.9. The Hall–Kier alpha value is -2.39. The van der Waals surface area contributed by atoms with Crippen LogP contribution in [0.2, 0.25) is 0 Å². The number of fused-ring (bicyclic) bond motifs is 2. The van der Waals surface area contributed by atoms with Crippen LogP contribution in [0, 0.1) is 0 Å². The third kappa shape index (κ3) is 1.53. The molecule has 0 radical (unpaired) electrons. The summed E-state index contributed by atoms with van der Waals surface area (Å²) in [7, 11) is 0. The summed E-state index contributed by atoms with van der Waals surface area (Å²) in [5, 5.41) is 1.18. The van der Waals surface area contributed by atoms with E-state index in [2.05, 4.69) is 40.3 Å². The predicted octanol–water partition coefficient (Wildman–Crippen LogP) is 2.80. The van der Waals surface area contributed by atoms with Gasteiger partial charge in [-0.15, -0.1) is 0 Å². The van der Waals surface area contributed by atoms with Crippen molar-refractivity contribution in [3.8, 4) is 0 Å². The number of nitrogens with one attached hydrogen (secondary N) is 1. The number of rotatable bonds is 1. The molecule has 0 fully saturated rings. The maximum atomic E-state index is 6.71. The summed E-state index contributed by atoms with van der Waals surface area (Å²) in [4.78, 5) is 7.90. The zero-order chi connectivity index (χ0) is 13.6. The van der Waals surface area contributed by atoms with E-state index in [1.54, 1.807) is 0 Å². The summed E-state index contributed by atoms with van der Waals surface area (Å²) in [5.41, 5.74) is 10.5. The molecule has 4 rings (SSSR count). The van der Waals surface area contributed by atoms with Crippen molar-refractivity contribution in [1.82, 2.24) is 4.98 Å². The first kappa shape index (κ1) is 11.4. The number of para-hydroxylation sites is 1. The fraction of sp³-hybridized carbons (Fsp3) is 0.118. The number of aromatic amines is 1. The molecule has 0 aliphatic carbocycles. The van der Waals surface area contributed by atoms with Gasteiger partial charge in [0.2, 0.25) is 0 Å². The van der Waals surface area contributed by atoms with Gasteiger partial charge in [-0.05, 0) is 28.6 Å². The molecule has 3 nitrogen and oxygen atoms in total. The van der Waals surface area contributed by atoms with Gasteiger partial charge in [-0.3, -0.25) is 4.99 Å². The van der Waals surface area contributed by atoms with Gasteiger partial charge < -0.3 is 10.7 Å². The van der Waals surface area contributed by atoms with Gasteiger partial charge in [0.1, 0.15) is 5.54 Å². The molecule has 1 aliphatic heterocycles. The Morgan fingerprint density at radius 3 is 2.75 bits per heavy atom. The second-order valence-corrected chi connectivity index (χ2v) is 5.30. The fourth-order valence-electron chi connectivity index (χ4n) is 2.93. The molecule has 1 atom stereocenters. The maximum Gasteiger partial charge on any atom is 0.102 e. The average molecular weight is 261 g/mol. The van der Waals surface area contributed by atoms with Gasteiger partial charge in [0.15, 0.2) is 0 Å². The first-order valence-corrected chi connectivity index (χ1v) is 6.74. The Morgan fingerprint density at radius 1 is 1.05 bits per heavy atom. The van der Waals surface area contributed by atoms with Crippen LogP contribution >= 0.6 is 0 Å². The van der Waals surface area contributed by atoms with Gasteiger partial charge in [-0.1, -0.05) is 42.5 Å². The minimum atomic E-state index is -0.579. The van der Waals surface area contributed by atoms with Crippen molar-refractivity contribution in [2.45, 2.75) is 5.54 Å². The summed E-state index contributed by atoms with van der Waals surface area (Å²) in [6, 6.07) is 18.6. The maximum absolute atomic E-state index is 6.71. The van der Waals surface area contributed by atoms with Gasteiger partial charge in [0, 0.05) is 17.4 Å². The van der Waals surface area contributed by atoms with Crippen molar-refractivity contribution in [3.05, 3.63) is 71.4 Å². The summed E-state index contributed by atoms with van der Waals surface area (Å²) in [6.07, 6.45) is 1.91. The molecule has 1 aliphatic rings. The van der Waals surface area contributed by atoms with E-state index in [1.807, 2.05) is 30.5 Å². The zero-order valence-electron chi connectivity index (χ0n) is 11.0. The van der Waals surface area contributed by atoms with Crippen LogP contribution in [-0.4, -0.2) is 17.7 Å². The third-order valence-corrected chi connectivity index (χ3v) is 4.02. The second-order valence-electron chi connectivity index (χ2n) is 5.30. The molecular weight excluding hydrogens is 246 g/mol. The molecular formula is C17H15N3. The van der Waals surface area contributed by atoms with Crippen LogP contribution in [0.15, 0.2) is 59.6 Å². The molecule has 0 saturated carbocycles. The van der Waals surface area contributed by atoms with Gasteiger partial charge in [-0.2, -0.15) is 0 Å². The van der Waals surface area contributed by atoms with Crippen LogP contribution < -0.4 is 5.73 Å². The smallest absolute Gasteiger partial charge is 0.102 e. The molecule has 3 N–H and O–H groups in total. The Kier molecular flexibility index (Phi) is 2.32. The van der Waals surface area contributed by atoms with E-state index in [1.165, 1.54) is 5.39 Å². The molecule has 3 heteroatoms. The molecule has 2 heterocycles. The molecule has 0 saturated heterocycles. The van der Waals surface area contributed by atoms with Crippen molar-refractivity contribution in [2.75, 3.05) is 6.54 Å². The lowest BCUT2D eigenvalue weighted by molar-refractivity contribution is 0.534. The number of aromatic nitrogens is 1. The van der Waals surface area contributed by atoms with Crippen LogP contribution in [0.25, 0.3) is 10.9 Å². The first-order chi connectivity index (χ1) is 9.77. The number of hydrogen-bond donors (Lipinski definition) is 2. The monoisotopic (exact) mass is 261 g/mol. The van der Waals surface area contributed by atoms with Crippen molar-refractivity contribution < 1.29 is 0 Å². The Bertz CT molecular complexity index is 783. The molecule has 98 valence electrons. The highest BCUT2D eigenvalue weighted by Crippen LogP contribution is 2.33. The van der Waals surface area contributed by atoms with Crippen LogP contribution in [0.1, 0.15) is 16.8 Å². The molecule has 1 unspecified atom stereocenters. The normalized spacial score (nSPS) is 21.1. The predicted molar refractivity (Wildman–Crippen MR) is 82.2 cm³/mol. The van der Waals surface area contributed by atoms with Crippen molar-refractivity contribution in [3.63, 3.8) is 0 Å². The Labute approximate surface area is 117 Å². The summed E-state index contributed by atoms with van der Waals surface area (Å²) in [5.74, 6) is 0. The van der Waals surface area contributed by atoms with Gasteiger partial charge in [0.25, 0.3) is 0 Å². The summed E-state index contributed by atoms with van der Waals surface area (Å²) < 4.78 is 0. The quantitative estimate of drug-likeness (QED) is 0.695. The highest BCUT2D eigenvalue weighted by Gasteiger charge is 2.34. The number of H-pyrrole nitrogens is 1. The lowest BCUT2D eigenvalue weighted by Crippen LogP contribution is -2.44. The van der Waals surface area contributed by atoms with Gasteiger partial charge in [-0.25, -0.2) is 0 Å². The molecule has 0 amide bonds. The number of benzene rings is 2. The molecule has 0 bridgehead atoms. The average Bonchev–Trinajstić information content (AvgIpc) is 2.92. The number of nitrogens with zero attached hydrogens (tertiary/aromatic N) is 1. The van der Waals surface area contributed by atoms with E-state index in [0.29, 0.717) is 6.54 Å². The number of aliphatic imine (C=N–C) groups is 1. The SMILES string of the molecule is NC1(c2cc3ccccc3[nH]2)CN=Cc2ccccc21. The van der Waals surface area contributed by atoms with Gasteiger partial charge in [0.05, 0.1) is 6.54 Å². The minimum Gasteiger partial charge on any atom is -0.357 e. The Balaban J connectivity index is 1.94.